The molecule has 0 aliphatic rings. The number of aryl methyl sites for hydroxylation is 1. The number of carbonyl (C=O) groups is 2. The van der Waals surface area contributed by atoms with E-state index in [1.165, 1.54) is 7.11 Å². The molecule has 2 aromatic rings. The summed E-state index contributed by atoms with van der Waals surface area (Å²) in [5.41, 5.74) is 4.45. The molecule has 1 amide bonds. The Kier molecular flexibility index (Phi) is 7.38. The fourth-order valence-corrected chi connectivity index (χ4v) is 3.44. The molecule has 6 heteroatoms. The van der Waals surface area contributed by atoms with Gasteiger partial charge in [0.1, 0.15) is 0 Å². The van der Waals surface area contributed by atoms with Gasteiger partial charge in [-0.15, -0.1) is 0 Å². The lowest BCUT2D eigenvalue weighted by molar-refractivity contribution is -0.140. The first kappa shape index (κ1) is 21.7. The van der Waals surface area contributed by atoms with Crippen LogP contribution in [0.25, 0.3) is 5.69 Å². The molecule has 1 aromatic heterocycles. The Morgan fingerprint density at radius 3 is 2.36 bits per heavy atom. The van der Waals surface area contributed by atoms with Gasteiger partial charge in [-0.1, -0.05) is 13.8 Å². The SMILES string of the molecule is COC(=O)CCc1c(C)nn(-c2ccc(C(=O)NC(C)CC(C)C)cc2)c1C. The fourth-order valence-electron chi connectivity index (χ4n) is 3.44. The van der Waals surface area contributed by atoms with Crippen LogP contribution in [0.15, 0.2) is 24.3 Å². The Morgan fingerprint density at radius 1 is 1.14 bits per heavy atom. The van der Waals surface area contributed by atoms with Crippen molar-refractivity contribution in [2.24, 2.45) is 5.92 Å². The summed E-state index contributed by atoms with van der Waals surface area (Å²) < 4.78 is 6.58. The molecule has 152 valence electrons. The quantitative estimate of drug-likeness (QED) is 0.702. The van der Waals surface area contributed by atoms with E-state index in [2.05, 4.69) is 24.3 Å². The van der Waals surface area contributed by atoms with Crippen LogP contribution in [-0.2, 0) is 16.0 Å². The van der Waals surface area contributed by atoms with E-state index in [1.807, 2.05) is 49.7 Å². The van der Waals surface area contributed by atoms with Crippen molar-refractivity contribution in [3.63, 3.8) is 0 Å². The average molecular weight is 386 g/mol. The molecule has 0 aliphatic carbocycles. The van der Waals surface area contributed by atoms with Crippen LogP contribution in [-0.4, -0.2) is 34.8 Å². The average Bonchev–Trinajstić information content (AvgIpc) is 2.93. The van der Waals surface area contributed by atoms with E-state index in [9.17, 15) is 9.59 Å². The molecule has 6 nitrogen and oxygen atoms in total. The van der Waals surface area contributed by atoms with E-state index in [1.54, 1.807) is 0 Å². The number of aromatic nitrogens is 2. The number of ether oxygens (including phenoxy) is 1. The Hall–Kier alpha value is -2.63. The number of hydrogen-bond donors (Lipinski definition) is 1. The van der Waals surface area contributed by atoms with E-state index in [0.717, 1.165) is 29.1 Å². The Balaban J connectivity index is 2.13. The van der Waals surface area contributed by atoms with Gasteiger partial charge in [-0.2, -0.15) is 5.10 Å². The second-order valence-electron chi connectivity index (χ2n) is 7.69. The third kappa shape index (κ3) is 5.44. The highest BCUT2D eigenvalue weighted by Crippen LogP contribution is 2.20. The predicted molar refractivity (Wildman–Crippen MR) is 110 cm³/mol. The molecule has 1 atom stereocenters. The molecule has 0 saturated carbocycles. The highest BCUT2D eigenvalue weighted by atomic mass is 16.5. The molecule has 0 aliphatic heterocycles. The Bertz CT molecular complexity index is 822. The zero-order valence-electron chi connectivity index (χ0n) is 17.7. The standard InChI is InChI=1S/C22H31N3O3/c1-14(2)13-15(3)23-22(27)18-7-9-19(10-8-18)25-17(5)20(16(4)24-25)11-12-21(26)28-6/h7-10,14-15H,11-13H2,1-6H3,(H,23,27). The summed E-state index contributed by atoms with van der Waals surface area (Å²) in [5, 5.41) is 7.64. The maximum absolute atomic E-state index is 12.4. The third-order valence-corrected chi connectivity index (χ3v) is 4.82. The molecule has 28 heavy (non-hydrogen) atoms. The zero-order valence-corrected chi connectivity index (χ0v) is 17.7. The molecule has 0 bridgehead atoms. The van der Waals surface area contributed by atoms with Crippen molar-refractivity contribution in [1.82, 2.24) is 15.1 Å². The lowest BCUT2D eigenvalue weighted by atomic mass is 10.0. The van der Waals surface area contributed by atoms with Gasteiger partial charge in [0.25, 0.3) is 5.91 Å². The van der Waals surface area contributed by atoms with Gasteiger partial charge in [0.2, 0.25) is 0 Å². The number of benzene rings is 1. The fraction of sp³-hybridized carbons (Fsp3) is 0.500. The maximum Gasteiger partial charge on any atom is 0.305 e. The lowest BCUT2D eigenvalue weighted by Crippen LogP contribution is -2.33. The topological polar surface area (TPSA) is 73.2 Å². The summed E-state index contributed by atoms with van der Waals surface area (Å²) in [6.07, 6.45) is 1.88. The van der Waals surface area contributed by atoms with E-state index < -0.39 is 0 Å². The van der Waals surface area contributed by atoms with Crippen LogP contribution in [0.3, 0.4) is 0 Å². The van der Waals surface area contributed by atoms with Crippen LogP contribution in [0.4, 0.5) is 0 Å². The molecule has 0 fully saturated rings. The second kappa shape index (κ2) is 9.53. The van der Waals surface area contributed by atoms with Gasteiger partial charge in [-0.05, 0) is 69.4 Å². The Morgan fingerprint density at radius 2 is 1.79 bits per heavy atom. The van der Waals surface area contributed by atoms with Gasteiger partial charge in [0.15, 0.2) is 0 Å². The van der Waals surface area contributed by atoms with Crippen LogP contribution in [0.5, 0.6) is 0 Å². The van der Waals surface area contributed by atoms with Crippen molar-refractivity contribution in [3.05, 3.63) is 46.8 Å². The van der Waals surface area contributed by atoms with Crippen molar-refractivity contribution < 1.29 is 14.3 Å². The largest absolute Gasteiger partial charge is 0.469 e. The Labute approximate surface area is 167 Å². The number of hydrogen-bond acceptors (Lipinski definition) is 4. The zero-order chi connectivity index (χ0) is 20.8. The van der Waals surface area contributed by atoms with Crippen molar-refractivity contribution in [1.29, 1.82) is 0 Å². The van der Waals surface area contributed by atoms with Crippen LogP contribution in [0.2, 0.25) is 0 Å². The summed E-state index contributed by atoms with van der Waals surface area (Å²) in [4.78, 5) is 23.8. The minimum absolute atomic E-state index is 0.0631. The predicted octanol–water partition coefficient (Wildman–Crippen LogP) is 3.76. The number of rotatable bonds is 8. The molecular formula is C22H31N3O3. The number of carbonyl (C=O) groups excluding carboxylic acids is 2. The van der Waals surface area contributed by atoms with Gasteiger partial charge < -0.3 is 10.1 Å². The highest BCUT2D eigenvalue weighted by molar-refractivity contribution is 5.94. The van der Waals surface area contributed by atoms with Crippen molar-refractivity contribution in [2.45, 2.75) is 59.9 Å². The first-order chi connectivity index (χ1) is 13.2. The van der Waals surface area contributed by atoms with Crippen LogP contribution in [0, 0.1) is 19.8 Å². The first-order valence-electron chi connectivity index (χ1n) is 9.76. The smallest absolute Gasteiger partial charge is 0.305 e. The molecular weight excluding hydrogens is 354 g/mol. The lowest BCUT2D eigenvalue weighted by Gasteiger charge is -2.16. The van der Waals surface area contributed by atoms with Gasteiger partial charge in [-0.25, -0.2) is 4.68 Å². The van der Waals surface area contributed by atoms with Gasteiger partial charge in [-0.3, -0.25) is 9.59 Å². The summed E-state index contributed by atoms with van der Waals surface area (Å²) in [6.45, 7) is 10.2. The molecule has 0 saturated heterocycles. The molecule has 1 unspecified atom stereocenters. The van der Waals surface area contributed by atoms with Crippen molar-refractivity contribution >= 4 is 11.9 Å². The normalized spacial score (nSPS) is 12.1. The van der Waals surface area contributed by atoms with Crippen LogP contribution >= 0.6 is 0 Å². The van der Waals surface area contributed by atoms with Crippen LogP contribution in [0.1, 0.15) is 60.9 Å². The number of nitrogens with zero attached hydrogens (tertiary/aromatic N) is 2. The van der Waals surface area contributed by atoms with Gasteiger partial charge in [0, 0.05) is 23.7 Å². The minimum atomic E-state index is -0.228. The number of amides is 1. The minimum Gasteiger partial charge on any atom is -0.469 e. The molecule has 2 rings (SSSR count). The molecule has 0 spiro atoms. The maximum atomic E-state index is 12.4. The monoisotopic (exact) mass is 385 g/mol. The van der Waals surface area contributed by atoms with Gasteiger partial charge in [0.05, 0.1) is 18.5 Å². The number of nitrogens with one attached hydrogen (secondary N) is 1. The summed E-state index contributed by atoms with van der Waals surface area (Å²) in [6, 6.07) is 7.56. The summed E-state index contributed by atoms with van der Waals surface area (Å²) >= 11 is 0. The highest BCUT2D eigenvalue weighted by Gasteiger charge is 2.15. The van der Waals surface area contributed by atoms with E-state index in [0.29, 0.717) is 24.3 Å². The molecule has 1 heterocycles. The van der Waals surface area contributed by atoms with Crippen LogP contribution < -0.4 is 5.32 Å². The second-order valence-corrected chi connectivity index (χ2v) is 7.69. The first-order valence-corrected chi connectivity index (χ1v) is 9.76. The summed E-state index contributed by atoms with van der Waals surface area (Å²) in [5.74, 6) is 0.248. The molecule has 1 N–H and O–H groups in total. The van der Waals surface area contributed by atoms with Crippen molar-refractivity contribution in [2.75, 3.05) is 7.11 Å². The molecule has 0 radical (unpaired) electrons. The third-order valence-electron chi connectivity index (χ3n) is 4.82. The molecule has 1 aromatic carbocycles. The van der Waals surface area contributed by atoms with Gasteiger partial charge >= 0.3 is 5.97 Å². The van der Waals surface area contributed by atoms with E-state index >= 15 is 0 Å². The number of esters is 1. The van der Waals surface area contributed by atoms with E-state index in [4.69, 9.17) is 4.74 Å². The van der Waals surface area contributed by atoms with E-state index in [-0.39, 0.29) is 17.9 Å². The summed E-state index contributed by atoms with van der Waals surface area (Å²) in [7, 11) is 1.40. The number of methoxy groups -OCH3 is 1. The van der Waals surface area contributed by atoms with Crippen molar-refractivity contribution in [3.8, 4) is 5.69 Å².